The second kappa shape index (κ2) is 6.59. The lowest BCUT2D eigenvalue weighted by Gasteiger charge is -2.09. The van der Waals surface area contributed by atoms with Crippen molar-refractivity contribution in [3.63, 3.8) is 0 Å². The molecular formula is C20H14ClF. The van der Waals surface area contributed by atoms with Crippen LogP contribution in [-0.4, -0.2) is 0 Å². The van der Waals surface area contributed by atoms with Crippen molar-refractivity contribution in [2.24, 2.45) is 0 Å². The van der Waals surface area contributed by atoms with Crippen LogP contribution in [0.25, 0.3) is 11.6 Å². The van der Waals surface area contributed by atoms with Crippen molar-refractivity contribution in [3.05, 3.63) is 106 Å². The molecule has 0 atom stereocenters. The third kappa shape index (κ3) is 3.44. The van der Waals surface area contributed by atoms with Gasteiger partial charge in [-0.1, -0.05) is 66.2 Å². The van der Waals surface area contributed by atoms with Gasteiger partial charge in [0.15, 0.2) is 0 Å². The van der Waals surface area contributed by atoms with Gasteiger partial charge in [0.1, 0.15) is 5.82 Å². The van der Waals surface area contributed by atoms with Crippen LogP contribution in [0.5, 0.6) is 0 Å². The zero-order chi connectivity index (χ0) is 15.4. The summed E-state index contributed by atoms with van der Waals surface area (Å²) in [6.07, 6.45) is 2.05. The topological polar surface area (TPSA) is 0 Å². The molecule has 0 spiro atoms. The lowest BCUT2D eigenvalue weighted by Crippen LogP contribution is -1.88. The fourth-order valence-corrected chi connectivity index (χ4v) is 2.43. The fraction of sp³-hybridized carbons (Fsp3) is 0. The van der Waals surface area contributed by atoms with Gasteiger partial charge >= 0.3 is 0 Å². The Morgan fingerprint density at radius 2 is 1.32 bits per heavy atom. The Morgan fingerprint density at radius 3 is 1.95 bits per heavy atom. The molecule has 0 saturated heterocycles. The second-order valence-electron chi connectivity index (χ2n) is 4.98. The Labute approximate surface area is 134 Å². The second-order valence-corrected chi connectivity index (χ2v) is 5.42. The first kappa shape index (κ1) is 14.6. The third-order valence-electron chi connectivity index (χ3n) is 3.42. The standard InChI is InChI=1S/C20H14ClF/c21-18-10-8-17(9-11-18)20(16-4-2-1-3-5-16)14-15-6-12-19(22)13-7-15/h1-14H. The molecule has 0 bridgehead atoms. The SMILES string of the molecule is Fc1ccc(C=C(c2ccccc2)c2ccc(Cl)cc2)cc1. The summed E-state index contributed by atoms with van der Waals surface area (Å²) in [6, 6.07) is 24.3. The Kier molecular flexibility index (Phi) is 4.36. The predicted molar refractivity (Wildman–Crippen MR) is 91.3 cm³/mol. The van der Waals surface area contributed by atoms with Crippen molar-refractivity contribution in [3.8, 4) is 0 Å². The Morgan fingerprint density at radius 1 is 0.727 bits per heavy atom. The molecule has 3 aromatic carbocycles. The van der Waals surface area contributed by atoms with Gasteiger partial charge in [-0.15, -0.1) is 0 Å². The first-order valence-corrected chi connectivity index (χ1v) is 7.39. The van der Waals surface area contributed by atoms with E-state index in [-0.39, 0.29) is 5.82 Å². The summed E-state index contributed by atoms with van der Waals surface area (Å²) in [5.74, 6) is -0.232. The third-order valence-corrected chi connectivity index (χ3v) is 3.67. The van der Waals surface area contributed by atoms with E-state index in [1.807, 2.05) is 42.5 Å². The Bertz CT molecular complexity index is 772. The largest absolute Gasteiger partial charge is 0.207 e. The number of benzene rings is 3. The molecule has 2 heteroatoms. The molecule has 0 fully saturated rings. The van der Waals surface area contributed by atoms with E-state index in [9.17, 15) is 4.39 Å². The van der Waals surface area contributed by atoms with Crippen LogP contribution < -0.4 is 0 Å². The first-order chi connectivity index (χ1) is 10.7. The van der Waals surface area contributed by atoms with Crippen molar-refractivity contribution in [1.82, 2.24) is 0 Å². The molecule has 0 aliphatic heterocycles. The zero-order valence-electron chi connectivity index (χ0n) is 11.8. The normalized spacial score (nSPS) is 11.5. The van der Waals surface area contributed by atoms with Crippen LogP contribution in [0, 0.1) is 5.82 Å². The molecule has 0 aliphatic carbocycles. The molecule has 0 nitrogen and oxygen atoms in total. The van der Waals surface area contributed by atoms with Gasteiger partial charge in [0.2, 0.25) is 0 Å². The summed E-state index contributed by atoms with van der Waals surface area (Å²) < 4.78 is 13.1. The summed E-state index contributed by atoms with van der Waals surface area (Å²) in [4.78, 5) is 0. The highest BCUT2D eigenvalue weighted by Crippen LogP contribution is 2.27. The average Bonchev–Trinajstić information content (AvgIpc) is 2.56. The molecule has 22 heavy (non-hydrogen) atoms. The van der Waals surface area contributed by atoms with Gasteiger partial charge in [0, 0.05) is 5.02 Å². The van der Waals surface area contributed by atoms with Crippen molar-refractivity contribution < 1.29 is 4.39 Å². The minimum Gasteiger partial charge on any atom is -0.207 e. The van der Waals surface area contributed by atoms with Crippen molar-refractivity contribution in [1.29, 1.82) is 0 Å². The molecule has 3 rings (SSSR count). The molecule has 0 radical (unpaired) electrons. The minimum absolute atomic E-state index is 0.232. The van der Waals surface area contributed by atoms with Crippen LogP contribution in [0.4, 0.5) is 4.39 Å². The average molecular weight is 309 g/mol. The molecule has 0 aliphatic rings. The highest BCUT2D eigenvalue weighted by atomic mass is 35.5. The van der Waals surface area contributed by atoms with E-state index in [0.29, 0.717) is 5.02 Å². The van der Waals surface area contributed by atoms with Crippen LogP contribution in [0.15, 0.2) is 78.9 Å². The van der Waals surface area contributed by atoms with E-state index < -0.39 is 0 Å². The van der Waals surface area contributed by atoms with E-state index in [2.05, 4.69) is 18.2 Å². The molecule has 0 aromatic heterocycles. The lowest BCUT2D eigenvalue weighted by molar-refractivity contribution is 0.628. The Balaban J connectivity index is 2.10. The number of halogens is 2. The summed E-state index contributed by atoms with van der Waals surface area (Å²) in [6.45, 7) is 0. The van der Waals surface area contributed by atoms with Crippen LogP contribution in [-0.2, 0) is 0 Å². The fourth-order valence-electron chi connectivity index (χ4n) is 2.31. The Hall–Kier alpha value is -2.38. The highest BCUT2D eigenvalue weighted by Gasteiger charge is 2.05. The highest BCUT2D eigenvalue weighted by molar-refractivity contribution is 6.30. The summed E-state index contributed by atoms with van der Waals surface area (Å²) in [7, 11) is 0. The van der Waals surface area contributed by atoms with Crippen molar-refractivity contribution in [2.75, 3.05) is 0 Å². The molecule has 0 N–H and O–H groups in total. The van der Waals surface area contributed by atoms with Gasteiger partial charge in [-0.3, -0.25) is 0 Å². The number of hydrogen-bond donors (Lipinski definition) is 0. The van der Waals surface area contributed by atoms with E-state index in [0.717, 1.165) is 22.3 Å². The van der Waals surface area contributed by atoms with Crippen LogP contribution in [0.3, 0.4) is 0 Å². The maximum absolute atomic E-state index is 13.1. The summed E-state index contributed by atoms with van der Waals surface area (Å²) in [5, 5.41) is 0.706. The number of rotatable bonds is 3. The molecule has 108 valence electrons. The van der Waals surface area contributed by atoms with Crippen molar-refractivity contribution in [2.45, 2.75) is 0 Å². The number of hydrogen-bond acceptors (Lipinski definition) is 0. The minimum atomic E-state index is -0.232. The van der Waals surface area contributed by atoms with Crippen LogP contribution in [0.2, 0.25) is 5.02 Å². The van der Waals surface area contributed by atoms with Gasteiger partial charge in [-0.05, 0) is 52.6 Å². The monoisotopic (exact) mass is 308 g/mol. The van der Waals surface area contributed by atoms with E-state index >= 15 is 0 Å². The molecular weight excluding hydrogens is 295 g/mol. The molecule has 0 amide bonds. The summed E-state index contributed by atoms with van der Waals surface area (Å²) >= 11 is 5.98. The van der Waals surface area contributed by atoms with Gasteiger partial charge < -0.3 is 0 Å². The zero-order valence-corrected chi connectivity index (χ0v) is 12.6. The maximum atomic E-state index is 13.1. The quantitative estimate of drug-likeness (QED) is 0.515. The lowest BCUT2D eigenvalue weighted by atomic mass is 9.96. The van der Waals surface area contributed by atoms with Gasteiger partial charge in [-0.25, -0.2) is 4.39 Å². The van der Waals surface area contributed by atoms with Gasteiger partial charge in [0.05, 0.1) is 0 Å². The molecule has 0 unspecified atom stereocenters. The van der Waals surface area contributed by atoms with Gasteiger partial charge in [0.25, 0.3) is 0 Å². The molecule has 0 saturated carbocycles. The smallest absolute Gasteiger partial charge is 0.123 e. The summed E-state index contributed by atoms with van der Waals surface area (Å²) in [5.41, 5.74) is 4.20. The van der Waals surface area contributed by atoms with Gasteiger partial charge in [-0.2, -0.15) is 0 Å². The van der Waals surface area contributed by atoms with Crippen LogP contribution >= 0.6 is 11.6 Å². The van der Waals surface area contributed by atoms with E-state index in [1.54, 1.807) is 12.1 Å². The van der Waals surface area contributed by atoms with E-state index in [4.69, 9.17) is 11.6 Å². The van der Waals surface area contributed by atoms with Crippen molar-refractivity contribution >= 4 is 23.3 Å². The van der Waals surface area contributed by atoms with Crippen LogP contribution in [0.1, 0.15) is 16.7 Å². The van der Waals surface area contributed by atoms with E-state index in [1.165, 1.54) is 12.1 Å². The molecule has 0 heterocycles. The molecule has 3 aromatic rings. The maximum Gasteiger partial charge on any atom is 0.123 e. The predicted octanol–water partition coefficient (Wildman–Crippen LogP) is 6.07. The first-order valence-electron chi connectivity index (χ1n) is 7.01.